The molecule has 1 aliphatic heterocycles. The molecule has 5 nitrogen and oxygen atoms in total. The summed E-state index contributed by atoms with van der Waals surface area (Å²) < 4.78 is 5.37. The Kier molecular flexibility index (Phi) is 5.35. The molecule has 0 aromatic heterocycles. The molecule has 1 N–H and O–H groups in total. The molecule has 1 unspecified atom stereocenters. The van der Waals surface area contributed by atoms with Crippen molar-refractivity contribution in [3.8, 4) is 0 Å². The first-order chi connectivity index (χ1) is 8.76. The van der Waals surface area contributed by atoms with Gasteiger partial charge in [0.15, 0.2) is 0 Å². The number of methoxy groups -OCH3 is 1. The summed E-state index contributed by atoms with van der Waals surface area (Å²) in [6.45, 7) is 8.76. The van der Waals surface area contributed by atoms with Crippen LogP contribution in [0, 0.1) is 5.92 Å². The Hall–Kier alpha value is -1.10. The van der Waals surface area contributed by atoms with Crippen LogP contribution in [0.4, 0.5) is 0 Å². The van der Waals surface area contributed by atoms with Crippen molar-refractivity contribution in [3.63, 3.8) is 0 Å². The van der Waals surface area contributed by atoms with E-state index in [9.17, 15) is 9.59 Å². The maximum absolute atomic E-state index is 12.0. The van der Waals surface area contributed by atoms with Crippen LogP contribution in [0.25, 0.3) is 0 Å². The number of hydrogen-bond donors (Lipinski definition) is 1. The number of hydrogen-bond acceptors (Lipinski definition) is 3. The summed E-state index contributed by atoms with van der Waals surface area (Å²) in [5.41, 5.74) is -0.281. The second-order valence-electron chi connectivity index (χ2n) is 6.16. The predicted octanol–water partition coefficient (Wildman–Crippen LogP) is 1.17. The third-order valence-electron chi connectivity index (χ3n) is 3.62. The number of amides is 2. The van der Waals surface area contributed by atoms with Gasteiger partial charge in [0.2, 0.25) is 11.8 Å². The van der Waals surface area contributed by atoms with E-state index in [4.69, 9.17) is 4.74 Å². The average Bonchev–Trinajstić information content (AvgIpc) is 2.32. The fourth-order valence-electron chi connectivity index (χ4n) is 2.15. The third-order valence-corrected chi connectivity index (χ3v) is 3.62. The van der Waals surface area contributed by atoms with E-state index in [2.05, 4.69) is 19.2 Å². The van der Waals surface area contributed by atoms with Crippen LogP contribution in [-0.4, -0.2) is 48.6 Å². The van der Waals surface area contributed by atoms with Crippen molar-refractivity contribution in [1.82, 2.24) is 10.2 Å². The predicted molar refractivity (Wildman–Crippen MR) is 73.7 cm³/mol. The Morgan fingerprint density at radius 2 is 2.05 bits per heavy atom. The van der Waals surface area contributed by atoms with Gasteiger partial charge in [-0.25, -0.2) is 0 Å². The summed E-state index contributed by atoms with van der Waals surface area (Å²) in [5, 5.41) is 2.67. The van der Waals surface area contributed by atoms with E-state index >= 15 is 0 Å². The number of carbonyl (C=O) groups excluding carboxylic acids is 2. The van der Waals surface area contributed by atoms with E-state index in [1.165, 1.54) is 0 Å². The van der Waals surface area contributed by atoms with Gasteiger partial charge in [0, 0.05) is 13.7 Å². The first-order valence-electron chi connectivity index (χ1n) is 6.89. The lowest BCUT2D eigenvalue weighted by molar-refractivity contribution is -0.147. The summed E-state index contributed by atoms with van der Waals surface area (Å²) in [6.07, 6.45) is 1.42. The molecule has 1 atom stereocenters. The molecule has 1 aliphatic rings. The largest absolute Gasteiger partial charge is 0.379 e. The zero-order valence-electron chi connectivity index (χ0n) is 12.7. The number of carbonyl (C=O) groups is 2. The van der Waals surface area contributed by atoms with Gasteiger partial charge in [0.05, 0.1) is 12.1 Å². The zero-order chi connectivity index (χ0) is 14.6. The van der Waals surface area contributed by atoms with Gasteiger partial charge in [-0.1, -0.05) is 13.8 Å². The van der Waals surface area contributed by atoms with Crippen LogP contribution in [0.2, 0.25) is 0 Å². The van der Waals surface area contributed by atoms with Gasteiger partial charge in [-0.2, -0.15) is 0 Å². The SMILES string of the molecule is COC(C)(C)CCN1C(=O)CNC(=O)C1CC(C)C. The standard InChI is InChI=1S/C14H26N2O3/c1-10(2)8-11-13(18)15-9-12(17)16(11)7-6-14(3,4)19-5/h10-11H,6-9H2,1-5H3,(H,15,18). The molecule has 1 rings (SSSR count). The van der Waals surface area contributed by atoms with E-state index in [0.717, 1.165) is 6.42 Å². The lowest BCUT2D eigenvalue weighted by Gasteiger charge is -2.37. The first kappa shape index (κ1) is 16.0. The van der Waals surface area contributed by atoms with Crippen LogP contribution in [0.15, 0.2) is 0 Å². The van der Waals surface area contributed by atoms with Crippen molar-refractivity contribution >= 4 is 11.8 Å². The Balaban J connectivity index is 2.73. The van der Waals surface area contributed by atoms with E-state index in [0.29, 0.717) is 18.9 Å². The maximum atomic E-state index is 12.0. The Morgan fingerprint density at radius 3 is 2.58 bits per heavy atom. The minimum absolute atomic E-state index is 0.00264. The van der Waals surface area contributed by atoms with Gasteiger partial charge in [-0.05, 0) is 32.6 Å². The topological polar surface area (TPSA) is 58.6 Å². The molecular formula is C14H26N2O3. The van der Waals surface area contributed by atoms with Crippen LogP contribution in [0.5, 0.6) is 0 Å². The summed E-state index contributed by atoms with van der Waals surface area (Å²) in [6, 6.07) is -0.339. The summed E-state index contributed by atoms with van der Waals surface area (Å²) in [5.74, 6) is 0.334. The number of nitrogens with zero attached hydrogens (tertiary/aromatic N) is 1. The molecule has 0 radical (unpaired) electrons. The summed E-state index contributed by atoms with van der Waals surface area (Å²) in [4.78, 5) is 25.7. The lowest BCUT2D eigenvalue weighted by Crippen LogP contribution is -2.59. The first-order valence-corrected chi connectivity index (χ1v) is 6.89. The lowest BCUT2D eigenvalue weighted by atomic mass is 9.98. The minimum atomic E-state index is -0.339. The van der Waals surface area contributed by atoms with Gasteiger partial charge in [-0.3, -0.25) is 9.59 Å². The highest BCUT2D eigenvalue weighted by molar-refractivity contribution is 5.94. The van der Waals surface area contributed by atoms with Crippen molar-refractivity contribution in [2.45, 2.75) is 52.2 Å². The van der Waals surface area contributed by atoms with E-state index < -0.39 is 0 Å². The quantitative estimate of drug-likeness (QED) is 0.788. The van der Waals surface area contributed by atoms with Crippen molar-refractivity contribution in [3.05, 3.63) is 0 Å². The highest BCUT2D eigenvalue weighted by atomic mass is 16.5. The van der Waals surface area contributed by atoms with Crippen molar-refractivity contribution in [1.29, 1.82) is 0 Å². The Bertz CT molecular complexity index is 340. The van der Waals surface area contributed by atoms with Gasteiger partial charge >= 0.3 is 0 Å². The zero-order valence-corrected chi connectivity index (χ0v) is 12.7. The number of piperazine rings is 1. The Morgan fingerprint density at radius 1 is 1.42 bits per heavy atom. The van der Waals surface area contributed by atoms with Gasteiger partial charge in [0.1, 0.15) is 6.04 Å². The number of ether oxygens (including phenoxy) is 1. The van der Waals surface area contributed by atoms with Gasteiger partial charge < -0.3 is 15.0 Å². The minimum Gasteiger partial charge on any atom is -0.379 e. The molecule has 5 heteroatoms. The fourth-order valence-corrected chi connectivity index (χ4v) is 2.15. The van der Waals surface area contributed by atoms with Crippen LogP contribution in [0.1, 0.15) is 40.5 Å². The van der Waals surface area contributed by atoms with Gasteiger partial charge in [0.25, 0.3) is 0 Å². The fraction of sp³-hybridized carbons (Fsp3) is 0.857. The van der Waals surface area contributed by atoms with Gasteiger partial charge in [-0.15, -0.1) is 0 Å². The van der Waals surface area contributed by atoms with E-state index in [-0.39, 0.29) is 30.0 Å². The second kappa shape index (κ2) is 6.37. The van der Waals surface area contributed by atoms with E-state index in [1.807, 2.05) is 13.8 Å². The number of rotatable bonds is 6. The average molecular weight is 270 g/mol. The summed E-state index contributed by atoms with van der Waals surface area (Å²) >= 11 is 0. The molecule has 1 heterocycles. The molecule has 0 saturated carbocycles. The van der Waals surface area contributed by atoms with Crippen LogP contribution in [0.3, 0.4) is 0 Å². The molecular weight excluding hydrogens is 244 g/mol. The highest BCUT2D eigenvalue weighted by Crippen LogP contribution is 2.19. The normalized spacial score (nSPS) is 20.9. The monoisotopic (exact) mass is 270 g/mol. The Labute approximate surface area is 115 Å². The van der Waals surface area contributed by atoms with E-state index in [1.54, 1.807) is 12.0 Å². The molecule has 110 valence electrons. The van der Waals surface area contributed by atoms with Crippen molar-refractivity contribution in [2.24, 2.45) is 5.92 Å². The molecule has 0 aromatic carbocycles. The molecule has 19 heavy (non-hydrogen) atoms. The molecule has 0 bridgehead atoms. The number of nitrogens with one attached hydrogen (secondary N) is 1. The highest BCUT2D eigenvalue weighted by Gasteiger charge is 2.35. The van der Waals surface area contributed by atoms with Crippen LogP contribution >= 0.6 is 0 Å². The van der Waals surface area contributed by atoms with Crippen LogP contribution in [-0.2, 0) is 14.3 Å². The molecule has 0 aromatic rings. The maximum Gasteiger partial charge on any atom is 0.243 e. The molecule has 0 spiro atoms. The second-order valence-corrected chi connectivity index (χ2v) is 6.16. The smallest absolute Gasteiger partial charge is 0.243 e. The summed E-state index contributed by atoms with van der Waals surface area (Å²) in [7, 11) is 1.66. The molecule has 0 aliphatic carbocycles. The third kappa shape index (κ3) is 4.49. The van der Waals surface area contributed by atoms with Crippen molar-refractivity contribution < 1.29 is 14.3 Å². The molecule has 1 saturated heterocycles. The molecule has 2 amide bonds. The molecule has 1 fully saturated rings. The van der Waals surface area contributed by atoms with Crippen molar-refractivity contribution in [2.75, 3.05) is 20.2 Å². The van der Waals surface area contributed by atoms with Crippen LogP contribution < -0.4 is 5.32 Å².